The largest absolute Gasteiger partial charge is 0.324 e. The Morgan fingerprint density at radius 2 is 1.81 bits per heavy atom. The van der Waals surface area contributed by atoms with Gasteiger partial charge in [-0.2, -0.15) is 0 Å². The summed E-state index contributed by atoms with van der Waals surface area (Å²) in [5.41, 5.74) is 1.41. The Labute approximate surface area is 153 Å². The van der Waals surface area contributed by atoms with Gasteiger partial charge < -0.3 is 10.2 Å². The van der Waals surface area contributed by atoms with Crippen molar-refractivity contribution in [2.24, 2.45) is 5.92 Å². The number of amides is 1. The number of nitrogens with one attached hydrogen (secondary N) is 1. The van der Waals surface area contributed by atoms with Crippen LogP contribution in [0.15, 0.2) is 48.5 Å². The van der Waals surface area contributed by atoms with Crippen molar-refractivity contribution in [3.05, 3.63) is 65.7 Å². The van der Waals surface area contributed by atoms with Crippen LogP contribution in [0.4, 0.5) is 14.5 Å². The number of hydrogen-bond acceptors (Lipinski definition) is 2. The van der Waals surface area contributed by atoms with Gasteiger partial charge in [-0.05, 0) is 56.0 Å². The Kier molecular flexibility index (Phi) is 6.34. The van der Waals surface area contributed by atoms with Crippen LogP contribution in [0.5, 0.6) is 0 Å². The second kappa shape index (κ2) is 8.90. The zero-order valence-corrected chi connectivity index (χ0v) is 14.8. The number of hydrogen-bond donors (Lipinski definition) is 1. The number of likely N-dealkylation sites (tertiary alicyclic amines) is 1. The molecule has 0 radical (unpaired) electrons. The molecular formula is C21H24F2N2O. The SMILES string of the molecule is O=C(CCN1CCC(Cc2ccccc2)CC1)Nc1ccc(F)cc1F. The van der Waals surface area contributed by atoms with E-state index in [0.717, 1.165) is 44.5 Å². The fourth-order valence-electron chi connectivity index (χ4n) is 3.42. The van der Waals surface area contributed by atoms with E-state index in [1.807, 2.05) is 6.07 Å². The molecule has 3 nitrogen and oxygen atoms in total. The molecule has 1 saturated heterocycles. The number of carbonyl (C=O) groups excluding carboxylic acids is 1. The number of rotatable bonds is 6. The number of piperidine rings is 1. The molecule has 0 aliphatic carbocycles. The first-order valence-electron chi connectivity index (χ1n) is 9.11. The molecular weight excluding hydrogens is 334 g/mol. The summed E-state index contributed by atoms with van der Waals surface area (Å²) < 4.78 is 26.4. The first-order valence-corrected chi connectivity index (χ1v) is 9.11. The van der Waals surface area contributed by atoms with Crippen molar-refractivity contribution in [3.63, 3.8) is 0 Å². The van der Waals surface area contributed by atoms with Crippen LogP contribution in [-0.4, -0.2) is 30.4 Å². The Hall–Kier alpha value is -2.27. The van der Waals surface area contributed by atoms with Gasteiger partial charge in [0.25, 0.3) is 0 Å². The lowest BCUT2D eigenvalue weighted by molar-refractivity contribution is -0.116. The molecule has 2 aromatic rings. The lowest BCUT2D eigenvalue weighted by Gasteiger charge is -2.31. The smallest absolute Gasteiger partial charge is 0.225 e. The Morgan fingerprint density at radius 3 is 2.50 bits per heavy atom. The second-order valence-electron chi connectivity index (χ2n) is 6.90. The zero-order valence-electron chi connectivity index (χ0n) is 14.8. The molecule has 1 N–H and O–H groups in total. The molecule has 1 aliphatic heterocycles. The minimum Gasteiger partial charge on any atom is -0.324 e. The molecule has 1 heterocycles. The van der Waals surface area contributed by atoms with E-state index in [1.165, 1.54) is 11.6 Å². The number of nitrogens with zero attached hydrogens (tertiary/aromatic N) is 1. The molecule has 1 amide bonds. The quantitative estimate of drug-likeness (QED) is 0.837. The average Bonchev–Trinajstić information content (AvgIpc) is 2.64. The van der Waals surface area contributed by atoms with Crippen LogP contribution in [0.2, 0.25) is 0 Å². The van der Waals surface area contributed by atoms with Crippen LogP contribution >= 0.6 is 0 Å². The van der Waals surface area contributed by atoms with Gasteiger partial charge in [0, 0.05) is 19.0 Å². The van der Waals surface area contributed by atoms with Gasteiger partial charge in [0.1, 0.15) is 11.6 Å². The van der Waals surface area contributed by atoms with E-state index in [0.29, 0.717) is 18.9 Å². The molecule has 0 atom stereocenters. The van der Waals surface area contributed by atoms with Crippen molar-refractivity contribution in [2.75, 3.05) is 25.0 Å². The van der Waals surface area contributed by atoms with Crippen molar-refractivity contribution >= 4 is 11.6 Å². The maximum Gasteiger partial charge on any atom is 0.225 e. The lowest BCUT2D eigenvalue weighted by atomic mass is 9.90. The molecule has 138 valence electrons. The minimum absolute atomic E-state index is 0.0259. The molecule has 2 aromatic carbocycles. The molecule has 0 aromatic heterocycles. The highest BCUT2D eigenvalue weighted by atomic mass is 19.1. The van der Waals surface area contributed by atoms with Crippen LogP contribution in [0.25, 0.3) is 0 Å². The highest BCUT2D eigenvalue weighted by Crippen LogP contribution is 2.22. The van der Waals surface area contributed by atoms with Crippen LogP contribution in [-0.2, 0) is 11.2 Å². The molecule has 0 saturated carbocycles. The molecule has 0 bridgehead atoms. The summed E-state index contributed by atoms with van der Waals surface area (Å²) in [6.45, 7) is 2.62. The third kappa shape index (κ3) is 5.36. The predicted octanol–water partition coefficient (Wildman–Crippen LogP) is 4.25. The van der Waals surface area contributed by atoms with Gasteiger partial charge in [-0.15, -0.1) is 0 Å². The normalized spacial score (nSPS) is 15.8. The number of anilines is 1. The first-order chi connectivity index (χ1) is 12.6. The summed E-state index contributed by atoms with van der Waals surface area (Å²) in [6.07, 6.45) is 3.67. The number of benzene rings is 2. The molecule has 5 heteroatoms. The van der Waals surface area contributed by atoms with Crippen LogP contribution in [0.3, 0.4) is 0 Å². The van der Waals surface area contributed by atoms with Crippen molar-refractivity contribution in [3.8, 4) is 0 Å². The van der Waals surface area contributed by atoms with Gasteiger partial charge in [0.05, 0.1) is 5.69 Å². The van der Waals surface area contributed by atoms with Gasteiger partial charge in [0.2, 0.25) is 5.91 Å². The van der Waals surface area contributed by atoms with E-state index in [2.05, 4.69) is 34.5 Å². The van der Waals surface area contributed by atoms with Crippen molar-refractivity contribution < 1.29 is 13.6 Å². The first kappa shape index (κ1) is 18.5. The van der Waals surface area contributed by atoms with Crippen molar-refractivity contribution in [2.45, 2.75) is 25.7 Å². The molecule has 1 fully saturated rings. The molecule has 0 spiro atoms. The van der Waals surface area contributed by atoms with Gasteiger partial charge in [0.15, 0.2) is 0 Å². The zero-order chi connectivity index (χ0) is 18.4. The van der Waals surface area contributed by atoms with Crippen LogP contribution in [0.1, 0.15) is 24.8 Å². The molecule has 3 rings (SSSR count). The minimum atomic E-state index is -0.750. The summed E-state index contributed by atoms with van der Waals surface area (Å²) in [7, 11) is 0. The van der Waals surface area contributed by atoms with E-state index in [-0.39, 0.29) is 11.6 Å². The topological polar surface area (TPSA) is 32.3 Å². The summed E-state index contributed by atoms with van der Waals surface area (Å²) >= 11 is 0. The monoisotopic (exact) mass is 358 g/mol. The summed E-state index contributed by atoms with van der Waals surface area (Å²) in [4.78, 5) is 14.3. The Bertz CT molecular complexity index is 728. The van der Waals surface area contributed by atoms with E-state index in [1.54, 1.807) is 0 Å². The van der Waals surface area contributed by atoms with Crippen LogP contribution < -0.4 is 5.32 Å². The van der Waals surface area contributed by atoms with Gasteiger partial charge in [-0.3, -0.25) is 4.79 Å². The third-order valence-electron chi connectivity index (χ3n) is 4.93. The fraction of sp³-hybridized carbons (Fsp3) is 0.381. The van der Waals surface area contributed by atoms with E-state index < -0.39 is 11.6 Å². The average molecular weight is 358 g/mol. The van der Waals surface area contributed by atoms with Gasteiger partial charge >= 0.3 is 0 Å². The second-order valence-corrected chi connectivity index (χ2v) is 6.90. The van der Waals surface area contributed by atoms with Crippen LogP contribution in [0, 0.1) is 17.6 Å². The summed E-state index contributed by atoms with van der Waals surface area (Å²) in [5.74, 6) is -0.961. The predicted molar refractivity (Wildman–Crippen MR) is 98.9 cm³/mol. The van der Waals surface area contributed by atoms with E-state index >= 15 is 0 Å². The van der Waals surface area contributed by atoms with E-state index in [9.17, 15) is 13.6 Å². The molecule has 1 aliphatic rings. The third-order valence-corrected chi connectivity index (χ3v) is 4.93. The van der Waals surface area contributed by atoms with Crippen molar-refractivity contribution in [1.82, 2.24) is 4.90 Å². The fourth-order valence-corrected chi connectivity index (χ4v) is 3.42. The highest BCUT2D eigenvalue weighted by Gasteiger charge is 2.20. The molecule has 0 unspecified atom stereocenters. The summed E-state index contributed by atoms with van der Waals surface area (Å²) in [6, 6.07) is 13.7. The maximum atomic E-state index is 13.6. The Balaban J connectivity index is 1.38. The summed E-state index contributed by atoms with van der Waals surface area (Å²) in [5, 5.41) is 2.51. The van der Waals surface area contributed by atoms with E-state index in [4.69, 9.17) is 0 Å². The van der Waals surface area contributed by atoms with Crippen molar-refractivity contribution in [1.29, 1.82) is 0 Å². The van der Waals surface area contributed by atoms with Gasteiger partial charge in [-0.25, -0.2) is 8.78 Å². The number of halogens is 2. The highest BCUT2D eigenvalue weighted by molar-refractivity contribution is 5.90. The maximum absolute atomic E-state index is 13.6. The molecule has 26 heavy (non-hydrogen) atoms. The Morgan fingerprint density at radius 1 is 1.08 bits per heavy atom. The van der Waals surface area contributed by atoms with Gasteiger partial charge in [-0.1, -0.05) is 30.3 Å². The number of carbonyl (C=O) groups is 1. The standard InChI is InChI=1S/C21H24F2N2O/c22-18-6-7-20(19(23)15-18)24-21(26)10-13-25-11-8-17(9-12-25)14-16-4-2-1-3-5-16/h1-7,15,17H,8-14H2,(H,24,26). The lowest BCUT2D eigenvalue weighted by Crippen LogP contribution is -2.36.